The van der Waals surface area contributed by atoms with Gasteiger partial charge in [-0.25, -0.2) is 4.39 Å². The number of aromatic nitrogens is 3. The van der Waals surface area contributed by atoms with Crippen LogP contribution in [-0.4, -0.2) is 25.7 Å². The van der Waals surface area contributed by atoms with Crippen LogP contribution >= 0.6 is 0 Å². The van der Waals surface area contributed by atoms with Crippen LogP contribution in [0.3, 0.4) is 0 Å². The van der Waals surface area contributed by atoms with Crippen molar-refractivity contribution in [1.29, 1.82) is 0 Å². The molecule has 5 heteroatoms. The van der Waals surface area contributed by atoms with Gasteiger partial charge in [-0.2, -0.15) is 0 Å². The first-order valence-corrected chi connectivity index (χ1v) is 5.77. The molecule has 0 aliphatic rings. The van der Waals surface area contributed by atoms with E-state index in [1.165, 1.54) is 12.1 Å². The maximum atomic E-state index is 12.8. The Labute approximate surface area is 105 Å². The van der Waals surface area contributed by atoms with Crippen molar-refractivity contribution in [2.24, 2.45) is 7.05 Å². The highest BCUT2D eigenvalue weighted by molar-refractivity contribution is 5.18. The predicted octanol–water partition coefficient (Wildman–Crippen LogP) is 1.49. The minimum absolute atomic E-state index is 0.271. The summed E-state index contributed by atoms with van der Waals surface area (Å²) < 4.78 is 14.4. The van der Waals surface area contributed by atoms with E-state index in [0.29, 0.717) is 12.8 Å². The minimum atomic E-state index is -0.923. The van der Waals surface area contributed by atoms with Crippen LogP contribution in [0.15, 0.2) is 30.5 Å². The Bertz CT molecular complexity index is 519. The highest BCUT2D eigenvalue weighted by atomic mass is 19.1. The second-order valence-electron chi connectivity index (χ2n) is 4.86. The van der Waals surface area contributed by atoms with E-state index in [2.05, 4.69) is 10.3 Å². The van der Waals surface area contributed by atoms with E-state index in [1.807, 2.05) is 0 Å². The molecule has 0 saturated heterocycles. The number of nitrogens with zero attached hydrogens (tertiary/aromatic N) is 3. The van der Waals surface area contributed by atoms with Gasteiger partial charge in [0.25, 0.3) is 0 Å². The normalized spacial score (nSPS) is 14.4. The second-order valence-corrected chi connectivity index (χ2v) is 4.86. The summed E-state index contributed by atoms with van der Waals surface area (Å²) in [5.41, 5.74) is 0.711. The maximum Gasteiger partial charge on any atom is 0.123 e. The van der Waals surface area contributed by atoms with Crippen molar-refractivity contribution in [3.63, 3.8) is 0 Å². The van der Waals surface area contributed by atoms with Crippen LogP contribution in [0, 0.1) is 5.82 Å². The molecule has 0 aliphatic carbocycles. The average molecular weight is 249 g/mol. The smallest absolute Gasteiger partial charge is 0.123 e. The van der Waals surface area contributed by atoms with Crippen molar-refractivity contribution in [3.8, 4) is 0 Å². The molecule has 0 radical (unpaired) electrons. The third-order valence-electron chi connectivity index (χ3n) is 2.71. The average Bonchev–Trinajstić information content (AvgIpc) is 2.66. The Morgan fingerprint density at radius 2 is 1.94 bits per heavy atom. The largest absolute Gasteiger partial charge is 0.389 e. The maximum absolute atomic E-state index is 12.8. The van der Waals surface area contributed by atoms with Gasteiger partial charge in [-0.1, -0.05) is 17.3 Å². The molecule has 0 fully saturated rings. The van der Waals surface area contributed by atoms with E-state index in [4.69, 9.17) is 0 Å². The fourth-order valence-electron chi connectivity index (χ4n) is 1.97. The number of rotatable bonds is 4. The Morgan fingerprint density at radius 3 is 2.50 bits per heavy atom. The van der Waals surface area contributed by atoms with Gasteiger partial charge in [0.1, 0.15) is 5.82 Å². The topological polar surface area (TPSA) is 50.9 Å². The molecule has 96 valence electrons. The van der Waals surface area contributed by atoms with E-state index in [0.717, 1.165) is 11.3 Å². The third kappa shape index (κ3) is 3.37. The predicted molar refractivity (Wildman–Crippen MR) is 65.4 cm³/mol. The summed E-state index contributed by atoms with van der Waals surface area (Å²) in [6, 6.07) is 6.16. The molecule has 1 aromatic carbocycles. The zero-order valence-corrected chi connectivity index (χ0v) is 10.5. The quantitative estimate of drug-likeness (QED) is 0.893. The van der Waals surface area contributed by atoms with Crippen LogP contribution in [0.2, 0.25) is 0 Å². The molecule has 0 saturated carbocycles. The summed E-state index contributed by atoms with van der Waals surface area (Å²) in [6.45, 7) is 1.74. The SMILES string of the molecule is Cn1cc(CC(C)(O)Cc2ccc(F)cc2)nn1. The summed E-state index contributed by atoms with van der Waals surface area (Å²) in [5.74, 6) is -0.271. The van der Waals surface area contributed by atoms with Crippen molar-refractivity contribution >= 4 is 0 Å². The summed E-state index contributed by atoms with van der Waals surface area (Å²) in [7, 11) is 1.78. The summed E-state index contributed by atoms with van der Waals surface area (Å²) >= 11 is 0. The zero-order chi connectivity index (χ0) is 13.2. The molecule has 4 nitrogen and oxygen atoms in total. The number of halogens is 1. The molecule has 1 aromatic heterocycles. The first-order valence-electron chi connectivity index (χ1n) is 5.77. The van der Waals surface area contributed by atoms with E-state index < -0.39 is 5.60 Å². The number of benzene rings is 1. The van der Waals surface area contributed by atoms with Crippen LogP contribution in [0.1, 0.15) is 18.2 Å². The lowest BCUT2D eigenvalue weighted by atomic mass is 9.92. The van der Waals surface area contributed by atoms with Gasteiger partial charge < -0.3 is 5.11 Å². The number of hydrogen-bond acceptors (Lipinski definition) is 3. The molecule has 0 spiro atoms. The van der Waals surface area contributed by atoms with Crippen molar-refractivity contribution < 1.29 is 9.50 Å². The Balaban J connectivity index is 2.04. The Kier molecular flexibility index (Phi) is 3.43. The van der Waals surface area contributed by atoms with Gasteiger partial charge in [0.15, 0.2) is 0 Å². The van der Waals surface area contributed by atoms with Crippen LogP contribution in [0.25, 0.3) is 0 Å². The summed E-state index contributed by atoms with van der Waals surface area (Å²) in [6.07, 6.45) is 2.64. The molecular formula is C13H16FN3O. The van der Waals surface area contributed by atoms with Gasteiger partial charge in [0.2, 0.25) is 0 Å². The monoisotopic (exact) mass is 249 g/mol. The van der Waals surface area contributed by atoms with Crippen molar-refractivity contribution in [1.82, 2.24) is 15.0 Å². The minimum Gasteiger partial charge on any atom is -0.389 e. The lowest BCUT2D eigenvalue weighted by molar-refractivity contribution is 0.0598. The first kappa shape index (κ1) is 12.7. The summed E-state index contributed by atoms with van der Waals surface area (Å²) in [5, 5.41) is 18.1. The van der Waals surface area contributed by atoms with Gasteiger partial charge in [-0.05, 0) is 24.6 Å². The van der Waals surface area contributed by atoms with Gasteiger partial charge in [0.05, 0.1) is 11.3 Å². The standard InChI is InChI=1S/C13H16FN3O/c1-13(18,8-12-9-17(2)16-15-12)7-10-3-5-11(14)6-4-10/h3-6,9,18H,7-8H2,1-2H3. The molecule has 1 N–H and O–H groups in total. The van der Waals surface area contributed by atoms with Crippen LogP contribution < -0.4 is 0 Å². The van der Waals surface area contributed by atoms with Gasteiger partial charge in [-0.3, -0.25) is 4.68 Å². The molecular weight excluding hydrogens is 233 g/mol. The first-order chi connectivity index (χ1) is 8.44. The Hall–Kier alpha value is -1.75. The lowest BCUT2D eigenvalue weighted by Gasteiger charge is -2.22. The second kappa shape index (κ2) is 4.86. The number of aliphatic hydroxyl groups is 1. The molecule has 0 bridgehead atoms. The van der Waals surface area contributed by atoms with E-state index in [-0.39, 0.29) is 5.82 Å². The fraction of sp³-hybridized carbons (Fsp3) is 0.385. The molecule has 2 aromatic rings. The summed E-state index contributed by atoms with van der Waals surface area (Å²) in [4.78, 5) is 0. The van der Waals surface area contributed by atoms with Crippen LogP contribution in [-0.2, 0) is 19.9 Å². The van der Waals surface area contributed by atoms with Gasteiger partial charge in [0, 0.05) is 26.1 Å². The van der Waals surface area contributed by atoms with Crippen molar-refractivity contribution in [2.45, 2.75) is 25.4 Å². The number of aryl methyl sites for hydroxylation is 1. The molecule has 1 atom stereocenters. The highest BCUT2D eigenvalue weighted by Gasteiger charge is 2.23. The van der Waals surface area contributed by atoms with Gasteiger partial charge in [-0.15, -0.1) is 5.10 Å². The molecule has 18 heavy (non-hydrogen) atoms. The van der Waals surface area contributed by atoms with Crippen molar-refractivity contribution in [3.05, 3.63) is 47.5 Å². The lowest BCUT2D eigenvalue weighted by Crippen LogP contribution is -2.30. The number of hydrogen-bond donors (Lipinski definition) is 1. The molecule has 1 heterocycles. The fourth-order valence-corrected chi connectivity index (χ4v) is 1.97. The highest BCUT2D eigenvalue weighted by Crippen LogP contribution is 2.17. The van der Waals surface area contributed by atoms with E-state index in [1.54, 1.807) is 37.0 Å². The molecule has 0 aliphatic heterocycles. The van der Waals surface area contributed by atoms with Crippen LogP contribution in [0.4, 0.5) is 4.39 Å². The zero-order valence-electron chi connectivity index (χ0n) is 10.5. The Morgan fingerprint density at radius 1 is 1.28 bits per heavy atom. The molecule has 0 amide bonds. The van der Waals surface area contributed by atoms with Crippen molar-refractivity contribution in [2.75, 3.05) is 0 Å². The molecule has 1 unspecified atom stereocenters. The van der Waals surface area contributed by atoms with Crippen LogP contribution in [0.5, 0.6) is 0 Å². The van der Waals surface area contributed by atoms with E-state index in [9.17, 15) is 9.50 Å². The van der Waals surface area contributed by atoms with Gasteiger partial charge >= 0.3 is 0 Å². The third-order valence-corrected chi connectivity index (χ3v) is 2.71. The van der Waals surface area contributed by atoms with E-state index >= 15 is 0 Å². The molecule has 2 rings (SSSR count).